The fourth-order valence-electron chi connectivity index (χ4n) is 5.45. The first-order valence-electron chi connectivity index (χ1n) is 20.2. The van der Waals surface area contributed by atoms with Gasteiger partial charge in [-0.2, -0.15) is 0 Å². The van der Waals surface area contributed by atoms with Crippen LogP contribution in [0.1, 0.15) is 253 Å². The van der Waals surface area contributed by atoms with Gasteiger partial charge in [-0.15, -0.1) is 0 Å². The summed E-state index contributed by atoms with van der Waals surface area (Å²) in [4.78, 5) is 0. The molecule has 0 nitrogen and oxygen atoms in total. The second kappa shape index (κ2) is 25.1. The third kappa shape index (κ3) is 85.5. The molecule has 48 heavy (non-hydrogen) atoms. The number of hydrogen-bond donors (Lipinski definition) is 0. The zero-order valence-electron chi connectivity index (χ0n) is 41.0. The van der Waals surface area contributed by atoms with Gasteiger partial charge in [0.1, 0.15) is 0 Å². The van der Waals surface area contributed by atoms with Gasteiger partial charge in [-0.25, -0.2) is 0 Å². The first kappa shape index (κ1) is 60.1. The molecule has 0 N–H and O–H groups in total. The molecule has 0 bridgehead atoms. The SMILES string of the molecule is CC(C)(C)C.CC(C)(C)CC(C)(C)C.CC(C)(C)CC(C)(C)C(C)(C)C.CC(C)C.CC(C)CC(C)(C)C.CC(C)CCCC(C)(C)C. The Morgan fingerprint density at radius 3 is 0.708 bits per heavy atom. The molecule has 0 amide bonds. The van der Waals surface area contributed by atoms with Crippen molar-refractivity contribution < 1.29 is 0 Å². The standard InChI is InChI=1S/C12H26.C10H22.C9H20.C8H18.C5H12.C4H10/c1-10(2,3)9-12(7,8)11(4,5)6;1-9(2)7-6-8-10(3,4)5;1-8(2,3)7-9(4,5)6;1-7(2)6-8(3,4)5;1-5(2,3)4;1-4(2)3/h9H2,1-8H3;9H,6-8H2,1-5H3;7H2,1-6H3;7H,6H2,1-5H3;1-4H3;4H,1-3H3. The molecule has 0 aromatic heterocycles. The summed E-state index contributed by atoms with van der Waals surface area (Å²) in [7, 11) is 0. The van der Waals surface area contributed by atoms with Crippen molar-refractivity contribution in [3.8, 4) is 0 Å². The Morgan fingerprint density at radius 1 is 0.354 bits per heavy atom. The summed E-state index contributed by atoms with van der Waals surface area (Å²) in [5, 5.41) is 0. The van der Waals surface area contributed by atoms with Crippen LogP contribution in [-0.4, -0.2) is 0 Å². The number of hydrogen-bond acceptors (Lipinski definition) is 0. The maximum atomic E-state index is 2.37. The molecule has 0 aromatic rings. The van der Waals surface area contributed by atoms with Crippen molar-refractivity contribution in [1.82, 2.24) is 0 Å². The molecule has 0 aliphatic carbocycles. The molecule has 0 atom stereocenters. The van der Waals surface area contributed by atoms with Gasteiger partial charge in [0.25, 0.3) is 0 Å². The molecule has 0 aliphatic heterocycles. The minimum absolute atomic E-state index is 0.403. The molecule has 0 aliphatic rings. The van der Waals surface area contributed by atoms with E-state index in [1.54, 1.807) is 0 Å². The summed E-state index contributed by atoms with van der Waals surface area (Å²) >= 11 is 0. The van der Waals surface area contributed by atoms with Crippen molar-refractivity contribution in [1.29, 1.82) is 0 Å². The average molecular weight is 685 g/mol. The van der Waals surface area contributed by atoms with Crippen LogP contribution in [0.5, 0.6) is 0 Å². The highest BCUT2D eigenvalue weighted by atomic mass is 14.4. The molecule has 0 heteroatoms. The van der Waals surface area contributed by atoms with Crippen molar-refractivity contribution in [3.63, 3.8) is 0 Å². The third-order valence-electron chi connectivity index (χ3n) is 6.79. The summed E-state index contributed by atoms with van der Waals surface area (Å²) < 4.78 is 0. The third-order valence-corrected chi connectivity index (χ3v) is 6.79. The Bertz CT molecular complexity index is 656. The van der Waals surface area contributed by atoms with E-state index in [9.17, 15) is 0 Å². The summed E-state index contributed by atoms with van der Waals surface area (Å²) in [6, 6.07) is 0. The maximum absolute atomic E-state index is 2.37. The molecular formula is C48H108. The summed E-state index contributed by atoms with van der Waals surface area (Å²) in [6.45, 7) is 70.6. The Morgan fingerprint density at radius 2 is 0.625 bits per heavy atom. The van der Waals surface area contributed by atoms with E-state index >= 15 is 0 Å². The average Bonchev–Trinajstić information content (AvgIpc) is 2.58. The summed E-state index contributed by atoms with van der Waals surface area (Å²) in [5.74, 6) is 2.55. The molecule has 0 rings (SSSR count). The van der Waals surface area contributed by atoms with Crippen LogP contribution in [0.25, 0.3) is 0 Å². The topological polar surface area (TPSA) is 0 Å². The van der Waals surface area contributed by atoms with E-state index in [0.717, 1.165) is 17.8 Å². The zero-order chi connectivity index (χ0) is 41.0. The highest BCUT2D eigenvalue weighted by molar-refractivity contribution is 4.86. The minimum Gasteiger partial charge on any atom is -0.0630 e. The fraction of sp³-hybridized carbons (Fsp3) is 1.00. The van der Waals surface area contributed by atoms with Crippen LogP contribution < -0.4 is 0 Å². The van der Waals surface area contributed by atoms with Gasteiger partial charge in [-0.1, -0.05) is 227 Å². The molecule has 0 fully saturated rings. The predicted molar refractivity (Wildman–Crippen MR) is 234 cm³/mol. The molecule has 0 saturated heterocycles. The van der Waals surface area contributed by atoms with Crippen LogP contribution in [0, 0.1) is 61.1 Å². The van der Waals surface area contributed by atoms with Crippen LogP contribution in [0.15, 0.2) is 0 Å². The van der Waals surface area contributed by atoms with Gasteiger partial charge >= 0.3 is 0 Å². The lowest BCUT2D eigenvalue weighted by Crippen LogP contribution is -2.33. The largest absolute Gasteiger partial charge is 0.0630 e. The van der Waals surface area contributed by atoms with Crippen LogP contribution in [0.3, 0.4) is 0 Å². The normalized spacial score (nSPS) is 13.1. The monoisotopic (exact) mass is 685 g/mol. The maximum Gasteiger partial charge on any atom is -0.0301 e. The van der Waals surface area contributed by atoms with E-state index in [1.807, 2.05) is 0 Å². The molecule has 0 radical (unpaired) electrons. The molecule has 0 heterocycles. The van der Waals surface area contributed by atoms with Gasteiger partial charge in [-0.05, 0) is 86.8 Å². The van der Waals surface area contributed by atoms with Gasteiger partial charge in [0.2, 0.25) is 0 Å². The van der Waals surface area contributed by atoms with Gasteiger partial charge in [0, 0.05) is 0 Å². The van der Waals surface area contributed by atoms with Crippen LogP contribution >= 0.6 is 0 Å². The van der Waals surface area contributed by atoms with Gasteiger partial charge in [0.05, 0.1) is 0 Å². The fourth-order valence-corrected chi connectivity index (χ4v) is 5.45. The van der Waals surface area contributed by atoms with Crippen molar-refractivity contribution in [3.05, 3.63) is 0 Å². The second-order valence-corrected chi connectivity index (χ2v) is 25.9. The number of rotatable bonds is 5. The first-order valence-corrected chi connectivity index (χ1v) is 20.2. The van der Waals surface area contributed by atoms with Gasteiger partial charge in [0.15, 0.2) is 0 Å². The quantitative estimate of drug-likeness (QED) is 0.270. The molecule has 300 valence electrons. The highest BCUT2D eigenvalue weighted by Gasteiger charge is 2.35. The minimum atomic E-state index is 0.403. The predicted octanol–water partition coefficient (Wildman–Crippen LogP) is 18.6. The smallest absolute Gasteiger partial charge is 0.0301 e. The van der Waals surface area contributed by atoms with Gasteiger partial charge < -0.3 is 0 Å². The second-order valence-electron chi connectivity index (χ2n) is 25.9. The lowest BCUT2D eigenvalue weighted by Gasteiger charge is -2.43. The lowest BCUT2D eigenvalue weighted by atomic mass is 9.63. The Hall–Kier alpha value is 0. The summed E-state index contributed by atoms with van der Waals surface area (Å²) in [5.41, 5.74) is 3.79. The zero-order valence-corrected chi connectivity index (χ0v) is 41.0. The van der Waals surface area contributed by atoms with Crippen LogP contribution in [-0.2, 0) is 0 Å². The first-order chi connectivity index (χ1) is 20.2. The Labute approximate surface area is 313 Å². The van der Waals surface area contributed by atoms with Crippen molar-refractivity contribution in [2.75, 3.05) is 0 Å². The van der Waals surface area contributed by atoms with Crippen molar-refractivity contribution in [2.24, 2.45) is 61.1 Å². The molecule has 0 aromatic carbocycles. The van der Waals surface area contributed by atoms with Crippen molar-refractivity contribution in [2.45, 2.75) is 253 Å². The van der Waals surface area contributed by atoms with Crippen LogP contribution in [0.2, 0.25) is 0 Å². The van der Waals surface area contributed by atoms with E-state index in [2.05, 4.69) is 215 Å². The molecule has 0 spiro atoms. The van der Waals surface area contributed by atoms with E-state index in [-0.39, 0.29) is 0 Å². The van der Waals surface area contributed by atoms with Gasteiger partial charge in [-0.3, -0.25) is 0 Å². The van der Waals surface area contributed by atoms with E-state index < -0.39 is 0 Å². The lowest BCUT2D eigenvalue weighted by molar-refractivity contribution is 0.0743. The molecule has 0 saturated carbocycles. The summed E-state index contributed by atoms with van der Waals surface area (Å²) in [6.07, 6.45) is 8.04. The van der Waals surface area contributed by atoms with E-state index in [4.69, 9.17) is 0 Å². The van der Waals surface area contributed by atoms with E-state index in [0.29, 0.717) is 43.3 Å². The van der Waals surface area contributed by atoms with Crippen molar-refractivity contribution >= 4 is 0 Å². The Balaban J connectivity index is -0.000000114. The molecule has 0 unspecified atom stereocenters. The van der Waals surface area contributed by atoms with E-state index in [1.165, 1.54) is 38.5 Å². The molecular weight excluding hydrogens is 577 g/mol. The Kier molecular flexibility index (Phi) is 31.4. The highest BCUT2D eigenvalue weighted by Crippen LogP contribution is 2.45. The van der Waals surface area contributed by atoms with Crippen LogP contribution in [0.4, 0.5) is 0 Å².